The van der Waals surface area contributed by atoms with Gasteiger partial charge in [0.2, 0.25) is 0 Å². The van der Waals surface area contributed by atoms with E-state index in [1.807, 2.05) is 6.20 Å². The van der Waals surface area contributed by atoms with Gasteiger partial charge in [0.15, 0.2) is 0 Å². The quantitative estimate of drug-likeness (QED) is 0.616. The molecule has 3 nitrogen and oxygen atoms in total. The van der Waals surface area contributed by atoms with Crippen LogP contribution < -0.4 is 5.32 Å². The average Bonchev–Trinajstić information content (AvgIpc) is 1.85. The summed E-state index contributed by atoms with van der Waals surface area (Å²) >= 11 is 0. The van der Waals surface area contributed by atoms with Crippen LogP contribution in [-0.4, -0.2) is 6.17 Å². The normalized spacial score (nSPS) is 23.4. The lowest BCUT2D eigenvalue weighted by atomic mass is 9.91. The third-order valence-corrected chi connectivity index (χ3v) is 1.44. The molecule has 0 aromatic carbocycles. The highest BCUT2D eigenvalue weighted by molar-refractivity contribution is 4.85. The van der Waals surface area contributed by atoms with Crippen LogP contribution in [0.5, 0.6) is 0 Å². The van der Waals surface area contributed by atoms with Crippen LogP contribution >= 0.6 is 0 Å². The van der Waals surface area contributed by atoms with Gasteiger partial charge in [0.05, 0.1) is 6.20 Å². The molecule has 0 spiro atoms. The first kappa shape index (κ1) is 8.24. The fraction of sp³-hybridized carbons (Fsp3) is 0.750. The number of azo groups is 1. The Kier molecular flexibility index (Phi) is 2.27. The number of rotatable bonds is 1. The van der Waals surface area contributed by atoms with E-state index >= 15 is 0 Å². The molecular formula is C8H15N3. The van der Waals surface area contributed by atoms with Crippen LogP contribution in [0.25, 0.3) is 0 Å². The number of hydrogen-bond acceptors (Lipinski definition) is 3. The molecule has 1 aliphatic rings. The molecule has 62 valence electrons. The van der Waals surface area contributed by atoms with E-state index < -0.39 is 0 Å². The minimum atomic E-state index is 0.167. The lowest BCUT2D eigenvalue weighted by molar-refractivity contribution is 0.319. The first-order valence-corrected chi connectivity index (χ1v) is 3.89. The summed E-state index contributed by atoms with van der Waals surface area (Å²) in [5.41, 5.74) is 0.307. The molecule has 1 N–H and O–H groups in total. The third kappa shape index (κ3) is 3.16. The first-order chi connectivity index (χ1) is 5.08. The molecule has 3 heteroatoms. The number of nitrogens with one attached hydrogen (secondary N) is 1. The van der Waals surface area contributed by atoms with Gasteiger partial charge in [0.25, 0.3) is 0 Å². The monoisotopic (exact) mass is 153 g/mol. The molecule has 11 heavy (non-hydrogen) atoms. The molecule has 1 aliphatic heterocycles. The van der Waals surface area contributed by atoms with E-state index in [4.69, 9.17) is 0 Å². The van der Waals surface area contributed by atoms with Gasteiger partial charge in [-0.05, 0) is 11.8 Å². The van der Waals surface area contributed by atoms with E-state index in [1.54, 1.807) is 6.20 Å². The molecular weight excluding hydrogens is 138 g/mol. The van der Waals surface area contributed by atoms with Crippen molar-refractivity contribution in [3.05, 3.63) is 12.4 Å². The third-order valence-electron chi connectivity index (χ3n) is 1.44. The predicted molar refractivity (Wildman–Crippen MR) is 45.0 cm³/mol. The molecule has 1 unspecified atom stereocenters. The van der Waals surface area contributed by atoms with Gasteiger partial charge in [-0.3, -0.25) is 0 Å². The van der Waals surface area contributed by atoms with Crippen LogP contribution in [0.15, 0.2) is 22.6 Å². The fourth-order valence-electron chi connectivity index (χ4n) is 1.02. The Bertz CT molecular complexity index is 176. The Hall–Kier alpha value is -0.860. The first-order valence-electron chi connectivity index (χ1n) is 3.89. The lowest BCUT2D eigenvalue weighted by Gasteiger charge is -2.23. The summed E-state index contributed by atoms with van der Waals surface area (Å²) in [4.78, 5) is 0. The van der Waals surface area contributed by atoms with E-state index in [0.29, 0.717) is 5.41 Å². The van der Waals surface area contributed by atoms with Crippen molar-refractivity contribution in [2.75, 3.05) is 0 Å². The second-order valence-corrected chi connectivity index (χ2v) is 3.99. The van der Waals surface area contributed by atoms with E-state index in [0.717, 1.165) is 6.42 Å². The van der Waals surface area contributed by atoms with Crippen molar-refractivity contribution < 1.29 is 0 Å². The van der Waals surface area contributed by atoms with Gasteiger partial charge in [0.1, 0.15) is 6.17 Å². The fourth-order valence-corrected chi connectivity index (χ4v) is 1.02. The molecule has 0 fully saturated rings. The van der Waals surface area contributed by atoms with Gasteiger partial charge in [0, 0.05) is 6.20 Å². The van der Waals surface area contributed by atoms with E-state index in [9.17, 15) is 0 Å². The Morgan fingerprint density at radius 1 is 1.45 bits per heavy atom. The van der Waals surface area contributed by atoms with Crippen LogP contribution in [0.4, 0.5) is 0 Å². The predicted octanol–water partition coefficient (Wildman–Crippen LogP) is 2.28. The zero-order valence-electron chi connectivity index (χ0n) is 7.33. The largest absolute Gasteiger partial charge is 0.367 e. The topological polar surface area (TPSA) is 36.8 Å². The summed E-state index contributed by atoms with van der Waals surface area (Å²) in [6.07, 6.45) is 4.68. The van der Waals surface area contributed by atoms with Crippen molar-refractivity contribution in [1.82, 2.24) is 5.32 Å². The molecule has 0 saturated carbocycles. The van der Waals surface area contributed by atoms with Gasteiger partial charge in [-0.1, -0.05) is 20.8 Å². The SMILES string of the molecule is CC(C)(C)CC1N=NC=CN1. The van der Waals surface area contributed by atoms with Crippen LogP contribution in [0.1, 0.15) is 27.2 Å². The van der Waals surface area contributed by atoms with Crippen LogP contribution in [-0.2, 0) is 0 Å². The molecule has 0 bridgehead atoms. The van der Waals surface area contributed by atoms with Gasteiger partial charge >= 0.3 is 0 Å². The lowest BCUT2D eigenvalue weighted by Crippen LogP contribution is -2.28. The maximum atomic E-state index is 4.04. The molecule has 0 aromatic rings. The zero-order chi connectivity index (χ0) is 8.32. The highest BCUT2D eigenvalue weighted by Gasteiger charge is 2.17. The van der Waals surface area contributed by atoms with Crippen molar-refractivity contribution in [1.29, 1.82) is 0 Å². The highest BCUT2D eigenvalue weighted by Crippen LogP contribution is 2.21. The summed E-state index contributed by atoms with van der Waals surface area (Å²) in [6, 6.07) is 0. The average molecular weight is 153 g/mol. The van der Waals surface area contributed by atoms with Crippen molar-refractivity contribution in [3.63, 3.8) is 0 Å². The molecule has 1 heterocycles. The van der Waals surface area contributed by atoms with Crippen LogP contribution in [0.2, 0.25) is 0 Å². The van der Waals surface area contributed by atoms with Crippen LogP contribution in [0.3, 0.4) is 0 Å². The maximum absolute atomic E-state index is 4.04. The van der Waals surface area contributed by atoms with Crippen LogP contribution in [0, 0.1) is 5.41 Å². The molecule has 0 amide bonds. The van der Waals surface area contributed by atoms with E-state index in [1.165, 1.54) is 0 Å². The Balaban J connectivity index is 2.39. The smallest absolute Gasteiger partial charge is 0.140 e. The van der Waals surface area contributed by atoms with Crippen molar-refractivity contribution in [2.24, 2.45) is 15.6 Å². The minimum absolute atomic E-state index is 0.167. The molecule has 0 aromatic heterocycles. The zero-order valence-corrected chi connectivity index (χ0v) is 7.33. The summed E-state index contributed by atoms with van der Waals surface area (Å²) in [6.45, 7) is 6.59. The Labute approximate surface area is 67.6 Å². The van der Waals surface area contributed by atoms with E-state index in [2.05, 4.69) is 36.3 Å². The van der Waals surface area contributed by atoms with E-state index in [-0.39, 0.29) is 6.17 Å². The standard InChI is InChI=1S/C8H15N3/c1-8(2,3)6-7-9-4-5-10-11-7/h4-5,7,9H,6H2,1-3H3. The molecule has 0 radical (unpaired) electrons. The summed E-state index contributed by atoms with van der Waals surface area (Å²) < 4.78 is 0. The van der Waals surface area contributed by atoms with Crippen molar-refractivity contribution in [2.45, 2.75) is 33.4 Å². The van der Waals surface area contributed by atoms with Crippen molar-refractivity contribution >= 4 is 0 Å². The summed E-state index contributed by atoms with van der Waals surface area (Å²) in [5, 5.41) is 11.0. The molecule has 0 aliphatic carbocycles. The highest BCUT2D eigenvalue weighted by atomic mass is 15.2. The van der Waals surface area contributed by atoms with Gasteiger partial charge < -0.3 is 5.32 Å². The number of nitrogens with zero attached hydrogens (tertiary/aromatic N) is 2. The maximum Gasteiger partial charge on any atom is 0.140 e. The van der Waals surface area contributed by atoms with Gasteiger partial charge in [-0.25, -0.2) is 0 Å². The summed E-state index contributed by atoms with van der Waals surface area (Å²) in [5.74, 6) is 0. The van der Waals surface area contributed by atoms with Gasteiger partial charge in [-0.2, -0.15) is 10.2 Å². The van der Waals surface area contributed by atoms with Gasteiger partial charge in [-0.15, -0.1) is 0 Å². The van der Waals surface area contributed by atoms with Crippen molar-refractivity contribution in [3.8, 4) is 0 Å². The second kappa shape index (κ2) is 3.03. The number of hydrogen-bond donors (Lipinski definition) is 1. The second-order valence-electron chi connectivity index (χ2n) is 3.99. The Morgan fingerprint density at radius 3 is 2.64 bits per heavy atom. The molecule has 1 rings (SSSR count). The minimum Gasteiger partial charge on any atom is -0.367 e. The molecule has 0 saturated heterocycles. The Morgan fingerprint density at radius 2 is 2.18 bits per heavy atom. The molecule has 1 atom stereocenters. The summed E-state index contributed by atoms with van der Waals surface area (Å²) in [7, 11) is 0.